The summed E-state index contributed by atoms with van der Waals surface area (Å²) < 4.78 is 13.9. The van der Waals surface area contributed by atoms with E-state index in [-0.39, 0.29) is 27.2 Å². The molecule has 0 aliphatic rings. The van der Waals surface area contributed by atoms with E-state index in [2.05, 4.69) is 9.26 Å². The number of carbonyl (C=O) groups excluding carboxylic acids is 2. The van der Waals surface area contributed by atoms with Crippen molar-refractivity contribution in [3.63, 3.8) is 0 Å². The van der Waals surface area contributed by atoms with Crippen LogP contribution in [-0.4, -0.2) is 36.1 Å². The number of aromatic nitrogens is 1. The van der Waals surface area contributed by atoms with Crippen LogP contribution in [0.4, 0.5) is 0 Å². The van der Waals surface area contributed by atoms with E-state index in [1.54, 1.807) is 25.1 Å². The number of methoxy groups -OCH3 is 1. The summed E-state index contributed by atoms with van der Waals surface area (Å²) in [6.45, 7) is 1.40. The quantitative estimate of drug-likeness (QED) is 0.393. The predicted molar refractivity (Wildman–Crippen MR) is 91.4 cm³/mol. The van der Waals surface area contributed by atoms with Gasteiger partial charge in [0.2, 0.25) is 0 Å². The Morgan fingerprint density at radius 3 is 2.68 bits per heavy atom. The van der Waals surface area contributed by atoms with Gasteiger partial charge in [0.15, 0.2) is 10.0 Å². The fourth-order valence-electron chi connectivity index (χ4n) is 1.64. The van der Waals surface area contributed by atoms with Crippen molar-refractivity contribution in [1.82, 2.24) is 4.37 Å². The van der Waals surface area contributed by atoms with E-state index in [0.717, 1.165) is 11.5 Å². The number of ether oxygens (including phenoxy) is 2. The fourth-order valence-corrected chi connectivity index (χ4v) is 2.73. The topological polar surface area (TPSA) is 84.0 Å². The van der Waals surface area contributed by atoms with Crippen LogP contribution >= 0.6 is 34.7 Å². The Morgan fingerprint density at radius 2 is 2.04 bits per heavy atom. The van der Waals surface area contributed by atoms with Crippen molar-refractivity contribution in [2.24, 2.45) is 0 Å². The largest absolute Gasteiger partial charge is 0.497 e. The molecule has 0 bridgehead atoms. The predicted octanol–water partition coefficient (Wildman–Crippen LogP) is 3.79. The highest BCUT2D eigenvalue weighted by Gasteiger charge is 2.21. The normalized spacial score (nSPS) is 11.7. The molecule has 1 atom stereocenters. The van der Waals surface area contributed by atoms with Crippen LogP contribution in [0, 0.1) is 0 Å². The zero-order chi connectivity index (χ0) is 18.4. The fraction of sp³-hybridized carbons (Fsp3) is 0.267. The molecule has 1 unspecified atom stereocenters. The molecule has 10 heteroatoms. The monoisotopic (exact) mass is 405 g/mol. The van der Waals surface area contributed by atoms with Crippen LogP contribution in [0.25, 0.3) is 0 Å². The maximum absolute atomic E-state index is 11.9. The molecule has 0 aliphatic heterocycles. The molecule has 0 saturated heterocycles. The van der Waals surface area contributed by atoms with Gasteiger partial charge in [-0.2, -0.15) is 9.26 Å². The summed E-state index contributed by atoms with van der Waals surface area (Å²) in [4.78, 5) is 33.3. The molecule has 134 valence electrons. The average molecular weight is 406 g/mol. The first-order chi connectivity index (χ1) is 11.9. The Morgan fingerprint density at radius 1 is 1.28 bits per heavy atom. The first-order valence-electron chi connectivity index (χ1n) is 6.92. The van der Waals surface area contributed by atoms with Crippen LogP contribution in [0.15, 0.2) is 24.3 Å². The van der Waals surface area contributed by atoms with Crippen LogP contribution in [0.2, 0.25) is 10.2 Å². The minimum absolute atomic E-state index is 0.0363. The zero-order valence-corrected chi connectivity index (χ0v) is 15.5. The first-order valence-corrected chi connectivity index (χ1v) is 8.44. The van der Waals surface area contributed by atoms with Crippen molar-refractivity contribution in [1.29, 1.82) is 0 Å². The molecule has 0 amide bonds. The Bertz CT molecular complexity index is 766. The number of esters is 1. The second-order valence-corrected chi connectivity index (χ2v) is 6.23. The van der Waals surface area contributed by atoms with E-state index >= 15 is 0 Å². The lowest BCUT2D eigenvalue weighted by molar-refractivity contribution is -0.252. The molecule has 0 spiro atoms. The smallest absolute Gasteiger partial charge is 0.373 e. The van der Waals surface area contributed by atoms with Crippen LogP contribution < -0.4 is 4.74 Å². The molecule has 0 saturated carbocycles. The van der Waals surface area contributed by atoms with Gasteiger partial charge in [-0.3, -0.25) is 4.89 Å². The molecule has 0 N–H and O–H groups in total. The van der Waals surface area contributed by atoms with Crippen LogP contribution in [0.5, 0.6) is 5.75 Å². The third-order valence-corrected chi connectivity index (χ3v) is 4.61. The summed E-state index contributed by atoms with van der Waals surface area (Å²) in [5.41, 5.74) is 0.259. The highest BCUT2D eigenvalue weighted by atomic mass is 35.5. The molecule has 2 aromatic rings. The molecule has 2 rings (SSSR count). The molecule has 25 heavy (non-hydrogen) atoms. The number of carbonyl (C=O) groups is 2. The van der Waals surface area contributed by atoms with Crippen LogP contribution in [0.3, 0.4) is 0 Å². The number of halogens is 2. The second-order valence-electron chi connectivity index (χ2n) is 4.72. The van der Waals surface area contributed by atoms with E-state index in [1.165, 1.54) is 13.2 Å². The summed E-state index contributed by atoms with van der Waals surface area (Å²) in [7, 11) is 1.49. The van der Waals surface area contributed by atoms with Crippen molar-refractivity contribution in [3.05, 3.63) is 44.9 Å². The lowest BCUT2D eigenvalue weighted by Gasteiger charge is -2.12. The number of hydrogen-bond donors (Lipinski definition) is 0. The van der Waals surface area contributed by atoms with E-state index in [9.17, 15) is 9.59 Å². The number of nitrogens with zero attached hydrogens (tertiary/aromatic N) is 1. The zero-order valence-electron chi connectivity index (χ0n) is 13.2. The first kappa shape index (κ1) is 19.5. The van der Waals surface area contributed by atoms with Gasteiger partial charge < -0.3 is 9.47 Å². The lowest BCUT2D eigenvalue weighted by atomic mass is 10.2. The van der Waals surface area contributed by atoms with Crippen molar-refractivity contribution >= 4 is 46.7 Å². The number of rotatable bonds is 7. The van der Waals surface area contributed by atoms with Crippen molar-refractivity contribution in [2.75, 3.05) is 13.7 Å². The summed E-state index contributed by atoms with van der Waals surface area (Å²) in [5.74, 6) is -0.879. The van der Waals surface area contributed by atoms with E-state index < -0.39 is 18.0 Å². The van der Waals surface area contributed by atoms with Gasteiger partial charge in [0, 0.05) is 0 Å². The van der Waals surface area contributed by atoms with Crippen molar-refractivity contribution in [2.45, 2.75) is 13.0 Å². The van der Waals surface area contributed by atoms with E-state index in [0.29, 0.717) is 5.75 Å². The third-order valence-electron chi connectivity index (χ3n) is 2.83. The molecule has 0 radical (unpaired) electrons. The molecular formula is C15H13Cl2NO6S. The standard InChI is InChI=1S/C15H13Cl2NO6S/c1-8(23-15(20)12-11(16)13(17)18-25-12)7-22-24-14(19)9-4-3-5-10(6-9)21-2/h3-6,8H,7H2,1-2H3. The molecule has 0 aliphatic carbocycles. The highest BCUT2D eigenvalue weighted by molar-refractivity contribution is 7.09. The summed E-state index contributed by atoms with van der Waals surface area (Å²) in [6.07, 6.45) is -0.692. The van der Waals surface area contributed by atoms with Gasteiger partial charge in [0.25, 0.3) is 0 Å². The summed E-state index contributed by atoms with van der Waals surface area (Å²) >= 11 is 12.3. The third kappa shape index (κ3) is 5.30. The summed E-state index contributed by atoms with van der Waals surface area (Å²) in [5, 5.41) is 0.0731. The highest BCUT2D eigenvalue weighted by Crippen LogP contribution is 2.29. The minimum Gasteiger partial charge on any atom is -0.497 e. The van der Waals surface area contributed by atoms with E-state index in [4.69, 9.17) is 37.6 Å². The molecular weight excluding hydrogens is 393 g/mol. The minimum atomic E-state index is -0.699. The van der Waals surface area contributed by atoms with Crippen molar-refractivity contribution < 1.29 is 28.8 Å². The van der Waals surface area contributed by atoms with Gasteiger partial charge >= 0.3 is 11.9 Å². The van der Waals surface area contributed by atoms with Crippen LogP contribution in [-0.2, 0) is 14.5 Å². The average Bonchev–Trinajstić information content (AvgIpc) is 2.94. The van der Waals surface area contributed by atoms with Gasteiger partial charge in [-0.05, 0) is 36.7 Å². The van der Waals surface area contributed by atoms with Gasteiger partial charge in [-0.15, -0.1) is 0 Å². The Kier molecular flexibility index (Phi) is 7.01. The number of benzene rings is 1. The molecule has 1 aromatic carbocycles. The Labute approximate surface area is 157 Å². The van der Waals surface area contributed by atoms with Crippen LogP contribution in [0.1, 0.15) is 27.0 Å². The maximum Gasteiger partial charge on any atom is 0.373 e. The van der Waals surface area contributed by atoms with Gasteiger partial charge in [-0.25, -0.2) is 9.59 Å². The van der Waals surface area contributed by atoms with Gasteiger partial charge in [0.05, 0.1) is 12.7 Å². The lowest BCUT2D eigenvalue weighted by Crippen LogP contribution is -2.21. The number of hydrogen-bond acceptors (Lipinski definition) is 8. The molecule has 7 nitrogen and oxygen atoms in total. The molecule has 0 fully saturated rings. The Balaban J connectivity index is 1.80. The molecule has 1 heterocycles. The maximum atomic E-state index is 11.9. The van der Waals surface area contributed by atoms with Gasteiger partial charge in [0.1, 0.15) is 23.5 Å². The molecule has 1 aromatic heterocycles. The summed E-state index contributed by atoms with van der Waals surface area (Å²) in [6, 6.07) is 6.39. The Hall–Kier alpha value is -1.87. The van der Waals surface area contributed by atoms with E-state index in [1.807, 2.05) is 0 Å². The SMILES string of the molecule is COc1cccc(C(=O)OOCC(C)OC(=O)c2snc(Cl)c2Cl)c1. The van der Waals surface area contributed by atoms with Crippen molar-refractivity contribution in [3.8, 4) is 5.75 Å². The second kappa shape index (κ2) is 9.00. The van der Waals surface area contributed by atoms with Gasteiger partial charge in [-0.1, -0.05) is 29.3 Å².